The first-order valence-corrected chi connectivity index (χ1v) is 10.8. The molecule has 1 N–H and O–H groups in total. The lowest BCUT2D eigenvalue weighted by atomic mass is 9.94. The third kappa shape index (κ3) is 3.67. The zero-order valence-electron chi connectivity index (χ0n) is 18.1. The summed E-state index contributed by atoms with van der Waals surface area (Å²) in [6.07, 6.45) is 5.63. The van der Waals surface area contributed by atoms with Gasteiger partial charge in [0.1, 0.15) is 0 Å². The van der Waals surface area contributed by atoms with Gasteiger partial charge in [-0.1, -0.05) is 26.0 Å². The van der Waals surface area contributed by atoms with Crippen molar-refractivity contribution < 1.29 is 14.3 Å². The number of rotatable bonds is 6. The van der Waals surface area contributed by atoms with E-state index in [1.54, 1.807) is 0 Å². The van der Waals surface area contributed by atoms with E-state index in [1.165, 1.54) is 0 Å². The van der Waals surface area contributed by atoms with Crippen LogP contribution >= 0.6 is 0 Å². The monoisotopic (exact) mass is 417 g/mol. The Bertz CT molecular complexity index is 1140. The number of fused-ring (bicyclic) bond motifs is 1. The Balaban J connectivity index is 1.37. The van der Waals surface area contributed by atoms with Crippen LogP contribution in [0.15, 0.2) is 48.8 Å². The minimum Gasteiger partial charge on any atom is -0.454 e. The number of aromatic nitrogens is 2. The first-order valence-electron chi connectivity index (χ1n) is 10.8. The zero-order chi connectivity index (χ0) is 21.6. The zero-order valence-corrected chi connectivity index (χ0v) is 18.1. The Morgan fingerprint density at radius 3 is 2.74 bits per heavy atom. The second kappa shape index (κ2) is 7.45. The third-order valence-electron chi connectivity index (χ3n) is 6.10. The first-order chi connectivity index (χ1) is 14.9. The predicted molar refractivity (Wildman–Crippen MR) is 119 cm³/mol. The molecule has 0 spiro atoms. The molecule has 2 heterocycles. The molecule has 0 saturated heterocycles. The minimum atomic E-state index is -0.492. The van der Waals surface area contributed by atoms with Gasteiger partial charge < -0.3 is 14.8 Å². The molecule has 2 aliphatic rings. The molecule has 1 aliphatic heterocycles. The SMILES string of the molecule is Cc1ccc(NC(=O)C2(c3ccc4c(c3)OCO4)CC2)cc1-c1cnn(CC(C)C)c1. The molecule has 31 heavy (non-hydrogen) atoms. The molecule has 0 unspecified atom stereocenters. The van der Waals surface area contributed by atoms with Crippen molar-refractivity contribution in [2.45, 2.75) is 45.6 Å². The summed E-state index contributed by atoms with van der Waals surface area (Å²) in [5, 5.41) is 7.64. The van der Waals surface area contributed by atoms with Crippen LogP contribution in [-0.2, 0) is 16.8 Å². The average molecular weight is 418 g/mol. The van der Waals surface area contributed by atoms with E-state index in [4.69, 9.17) is 9.47 Å². The number of carbonyl (C=O) groups excluding carboxylic acids is 1. The molecular formula is C25H27N3O3. The Morgan fingerprint density at radius 2 is 1.97 bits per heavy atom. The third-order valence-corrected chi connectivity index (χ3v) is 6.10. The van der Waals surface area contributed by atoms with Crippen molar-refractivity contribution in [3.63, 3.8) is 0 Å². The van der Waals surface area contributed by atoms with Gasteiger partial charge in [0.05, 0.1) is 11.6 Å². The Morgan fingerprint density at radius 1 is 1.16 bits per heavy atom. The molecular weight excluding hydrogens is 390 g/mol. The van der Waals surface area contributed by atoms with Crippen LogP contribution in [0.1, 0.15) is 37.8 Å². The molecule has 6 nitrogen and oxygen atoms in total. The van der Waals surface area contributed by atoms with E-state index in [1.807, 2.05) is 47.3 Å². The number of hydrogen-bond acceptors (Lipinski definition) is 4. The highest BCUT2D eigenvalue weighted by atomic mass is 16.7. The fourth-order valence-corrected chi connectivity index (χ4v) is 4.20. The van der Waals surface area contributed by atoms with Crippen molar-refractivity contribution in [1.29, 1.82) is 0 Å². The second-order valence-corrected chi connectivity index (χ2v) is 8.98. The summed E-state index contributed by atoms with van der Waals surface area (Å²) < 4.78 is 12.9. The van der Waals surface area contributed by atoms with Gasteiger partial charge in [-0.25, -0.2) is 0 Å². The minimum absolute atomic E-state index is 0.0247. The van der Waals surface area contributed by atoms with Gasteiger partial charge in [-0.3, -0.25) is 9.48 Å². The van der Waals surface area contributed by atoms with Crippen LogP contribution in [0.2, 0.25) is 0 Å². The van der Waals surface area contributed by atoms with Gasteiger partial charge in [0.15, 0.2) is 11.5 Å². The molecule has 1 aromatic heterocycles. The highest BCUT2D eigenvalue weighted by molar-refractivity contribution is 6.02. The molecule has 1 saturated carbocycles. The fourth-order valence-electron chi connectivity index (χ4n) is 4.20. The summed E-state index contributed by atoms with van der Waals surface area (Å²) >= 11 is 0. The number of nitrogens with zero attached hydrogens (tertiary/aromatic N) is 2. The largest absolute Gasteiger partial charge is 0.454 e. The topological polar surface area (TPSA) is 65.4 Å². The Labute approximate surface area is 182 Å². The number of nitrogens with one attached hydrogen (secondary N) is 1. The van der Waals surface area contributed by atoms with Gasteiger partial charge in [0.25, 0.3) is 0 Å². The van der Waals surface area contributed by atoms with Gasteiger partial charge in [-0.2, -0.15) is 5.10 Å². The maximum atomic E-state index is 13.3. The van der Waals surface area contributed by atoms with Crippen LogP contribution in [-0.4, -0.2) is 22.5 Å². The molecule has 1 fully saturated rings. The van der Waals surface area contributed by atoms with Gasteiger partial charge in [0, 0.05) is 24.0 Å². The lowest BCUT2D eigenvalue weighted by Crippen LogP contribution is -2.27. The molecule has 0 atom stereocenters. The number of carbonyl (C=O) groups is 1. The highest BCUT2D eigenvalue weighted by Crippen LogP contribution is 2.51. The molecule has 160 valence electrons. The van der Waals surface area contributed by atoms with E-state index in [9.17, 15) is 4.79 Å². The standard InChI is InChI=1S/C25H27N3O3/c1-16(2)13-28-14-18(12-26-28)21-11-20(6-4-17(21)3)27-24(29)25(8-9-25)19-5-7-22-23(10-19)31-15-30-22/h4-7,10-12,14,16H,8-9,13,15H2,1-3H3,(H,27,29). The van der Waals surface area contributed by atoms with Crippen molar-refractivity contribution in [2.24, 2.45) is 5.92 Å². The van der Waals surface area contributed by atoms with E-state index in [0.29, 0.717) is 11.7 Å². The van der Waals surface area contributed by atoms with E-state index < -0.39 is 5.41 Å². The van der Waals surface area contributed by atoms with Crippen molar-refractivity contribution in [1.82, 2.24) is 9.78 Å². The van der Waals surface area contributed by atoms with Crippen LogP contribution in [0.3, 0.4) is 0 Å². The summed E-state index contributed by atoms with van der Waals surface area (Å²) in [5.41, 5.74) is 4.59. The van der Waals surface area contributed by atoms with E-state index in [0.717, 1.165) is 53.1 Å². The normalized spacial score (nSPS) is 15.9. The smallest absolute Gasteiger partial charge is 0.235 e. The van der Waals surface area contributed by atoms with Crippen molar-refractivity contribution in [3.05, 3.63) is 59.9 Å². The van der Waals surface area contributed by atoms with Crippen LogP contribution < -0.4 is 14.8 Å². The van der Waals surface area contributed by atoms with E-state index in [-0.39, 0.29) is 12.7 Å². The van der Waals surface area contributed by atoms with E-state index in [2.05, 4.69) is 37.4 Å². The molecule has 0 bridgehead atoms. The lowest BCUT2D eigenvalue weighted by molar-refractivity contribution is -0.118. The van der Waals surface area contributed by atoms with Gasteiger partial charge in [-0.15, -0.1) is 0 Å². The maximum Gasteiger partial charge on any atom is 0.235 e. The van der Waals surface area contributed by atoms with Gasteiger partial charge in [-0.05, 0) is 66.6 Å². The first kappa shape index (κ1) is 19.7. The summed E-state index contributed by atoms with van der Waals surface area (Å²) in [5.74, 6) is 2.01. The summed E-state index contributed by atoms with van der Waals surface area (Å²) in [6.45, 7) is 7.55. The summed E-state index contributed by atoms with van der Waals surface area (Å²) in [4.78, 5) is 13.3. The number of aryl methyl sites for hydroxylation is 1. The van der Waals surface area contributed by atoms with Gasteiger partial charge in [0.2, 0.25) is 12.7 Å². The number of amides is 1. The molecule has 5 rings (SSSR count). The van der Waals surface area contributed by atoms with Gasteiger partial charge >= 0.3 is 0 Å². The number of ether oxygens (including phenoxy) is 2. The number of anilines is 1. The second-order valence-electron chi connectivity index (χ2n) is 8.98. The predicted octanol–water partition coefficient (Wildman–Crippen LogP) is 4.91. The molecule has 2 aromatic carbocycles. The summed E-state index contributed by atoms with van der Waals surface area (Å²) in [7, 11) is 0. The molecule has 1 amide bonds. The molecule has 3 aromatic rings. The van der Waals surface area contributed by atoms with E-state index >= 15 is 0 Å². The molecule has 1 aliphatic carbocycles. The molecule has 0 radical (unpaired) electrons. The van der Waals surface area contributed by atoms with Crippen LogP contribution in [0, 0.1) is 12.8 Å². The maximum absolute atomic E-state index is 13.3. The average Bonchev–Trinajstić information content (AvgIpc) is 3.20. The van der Waals surface area contributed by atoms with Crippen molar-refractivity contribution in [2.75, 3.05) is 12.1 Å². The summed E-state index contributed by atoms with van der Waals surface area (Å²) in [6, 6.07) is 11.9. The number of hydrogen-bond donors (Lipinski definition) is 1. The van der Waals surface area contributed by atoms with Crippen molar-refractivity contribution >= 4 is 11.6 Å². The molecule has 6 heteroatoms. The number of benzene rings is 2. The van der Waals surface area contributed by atoms with Crippen LogP contribution in [0.25, 0.3) is 11.1 Å². The Hall–Kier alpha value is -3.28. The van der Waals surface area contributed by atoms with Crippen LogP contribution in [0.4, 0.5) is 5.69 Å². The van der Waals surface area contributed by atoms with Crippen LogP contribution in [0.5, 0.6) is 11.5 Å². The van der Waals surface area contributed by atoms with Crippen molar-refractivity contribution in [3.8, 4) is 22.6 Å². The lowest BCUT2D eigenvalue weighted by Gasteiger charge is -2.17. The fraction of sp³-hybridized carbons (Fsp3) is 0.360. The quantitative estimate of drug-likeness (QED) is 0.619. The Kier molecular flexibility index (Phi) is 4.73. The highest BCUT2D eigenvalue weighted by Gasteiger charge is 2.51.